The summed E-state index contributed by atoms with van der Waals surface area (Å²) in [4.78, 5) is 31.8. The molecule has 3 aliphatic heterocycles. The number of carbonyl (C=O) groups is 2. The summed E-state index contributed by atoms with van der Waals surface area (Å²) < 4.78 is 0. The molecule has 3 heterocycles. The fourth-order valence-corrected chi connectivity index (χ4v) is 4.13. The number of imide groups is 1. The van der Waals surface area contributed by atoms with Crippen molar-refractivity contribution < 1.29 is 14.5 Å². The molecule has 0 unspecified atom stereocenters. The molecule has 1 N–H and O–H groups in total. The second kappa shape index (κ2) is 6.43. The molecule has 24 heavy (non-hydrogen) atoms. The molecule has 0 radical (unpaired) electrons. The van der Waals surface area contributed by atoms with Gasteiger partial charge < -0.3 is 14.7 Å². The Morgan fingerprint density at radius 2 is 1.79 bits per heavy atom. The summed E-state index contributed by atoms with van der Waals surface area (Å²) in [6, 6.07) is 10.3. The van der Waals surface area contributed by atoms with Gasteiger partial charge >= 0.3 is 6.03 Å². The molecule has 0 spiro atoms. The Morgan fingerprint density at radius 1 is 1.04 bits per heavy atom. The van der Waals surface area contributed by atoms with Gasteiger partial charge in [-0.3, -0.25) is 9.69 Å². The van der Waals surface area contributed by atoms with Crippen molar-refractivity contribution in [1.29, 1.82) is 0 Å². The molecule has 0 aromatic heterocycles. The van der Waals surface area contributed by atoms with E-state index < -0.39 is 0 Å². The Balaban J connectivity index is 1.28. The van der Waals surface area contributed by atoms with E-state index in [9.17, 15) is 9.59 Å². The molecule has 0 aliphatic carbocycles. The number of anilines is 1. The van der Waals surface area contributed by atoms with Crippen LogP contribution in [-0.2, 0) is 4.79 Å². The highest BCUT2D eigenvalue weighted by Gasteiger charge is 2.47. The number of amides is 3. The van der Waals surface area contributed by atoms with Crippen LogP contribution in [0.1, 0.15) is 12.8 Å². The van der Waals surface area contributed by atoms with Gasteiger partial charge in [-0.1, -0.05) is 18.2 Å². The van der Waals surface area contributed by atoms with Crippen molar-refractivity contribution in [2.24, 2.45) is 0 Å². The van der Waals surface area contributed by atoms with E-state index in [0.717, 1.165) is 52.1 Å². The van der Waals surface area contributed by atoms with Crippen molar-refractivity contribution in [3.05, 3.63) is 30.3 Å². The Kier molecular flexibility index (Phi) is 4.14. The number of carbonyl (C=O) groups excluding carboxylic acids is 2. The fourth-order valence-electron chi connectivity index (χ4n) is 4.13. The molecule has 4 rings (SSSR count). The summed E-state index contributed by atoms with van der Waals surface area (Å²) in [5.41, 5.74) is 1.28. The van der Waals surface area contributed by atoms with Crippen LogP contribution in [0, 0.1) is 0 Å². The van der Waals surface area contributed by atoms with Crippen molar-refractivity contribution in [1.82, 2.24) is 9.80 Å². The van der Waals surface area contributed by atoms with Crippen molar-refractivity contribution in [3.63, 3.8) is 0 Å². The highest BCUT2D eigenvalue weighted by Crippen LogP contribution is 2.26. The topological polar surface area (TPSA) is 48.3 Å². The van der Waals surface area contributed by atoms with E-state index in [1.165, 1.54) is 15.5 Å². The van der Waals surface area contributed by atoms with Gasteiger partial charge in [0, 0.05) is 12.2 Å². The Morgan fingerprint density at radius 3 is 2.50 bits per heavy atom. The normalized spacial score (nSPS) is 24.8. The van der Waals surface area contributed by atoms with Gasteiger partial charge in [-0.25, -0.2) is 4.79 Å². The van der Waals surface area contributed by atoms with Crippen molar-refractivity contribution in [3.8, 4) is 0 Å². The van der Waals surface area contributed by atoms with Gasteiger partial charge in [0.2, 0.25) is 0 Å². The molecule has 3 aliphatic rings. The lowest BCUT2D eigenvalue weighted by Crippen LogP contribution is -3.15. The first-order valence-electron chi connectivity index (χ1n) is 8.99. The molecule has 128 valence electrons. The zero-order valence-electron chi connectivity index (χ0n) is 14.0. The minimum atomic E-state index is -0.164. The zero-order valence-corrected chi connectivity index (χ0v) is 14.0. The summed E-state index contributed by atoms with van der Waals surface area (Å²) in [6.45, 7) is 6.32. The molecule has 1 aromatic carbocycles. The first kappa shape index (κ1) is 15.4. The van der Waals surface area contributed by atoms with Crippen LogP contribution in [0.5, 0.6) is 0 Å². The van der Waals surface area contributed by atoms with E-state index in [-0.39, 0.29) is 18.0 Å². The number of hydrogen-bond donors (Lipinski definition) is 1. The molecule has 6 heteroatoms. The molecule has 1 aromatic rings. The van der Waals surface area contributed by atoms with Gasteiger partial charge in [-0.2, -0.15) is 0 Å². The Labute approximate surface area is 142 Å². The number of fused-ring (bicyclic) bond motifs is 1. The van der Waals surface area contributed by atoms with Crippen LogP contribution in [0.15, 0.2) is 30.3 Å². The first-order valence-corrected chi connectivity index (χ1v) is 8.99. The average Bonchev–Trinajstić information content (AvgIpc) is 3.19. The summed E-state index contributed by atoms with van der Waals surface area (Å²) in [6.07, 6.45) is 1.80. The smallest absolute Gasteiger partial charge is 0.327 e. The molecule has 3 fully saturated rings. The molecule has 0 bridgehead atoms. The second-order valence-corrected chi connectivity index (χ2v) is 6.95. The third kappa shape index (κ3) is 2.75. The minimum absolute atomic E-state index is 0.0276. The number of nitrogens with one attached hydrogen (secondary N) is 1. The summed E-state index contributed by atoms with van der Waals surface area (Å²) in [5.74, 6) is 0.0276. The van der Waals surface area contributed by atoms with Gasteiger partial charge in [0.25, 0.3) is 5.91 Å². The lowest BCUT2D eigenvalue weighted by atomic mass is 10.2. The van der Waals surface area contributed by atoms with E-state index in [0.29, 0.717) is 6.54 Å². The summed E-state index contributed by atoms with van der Waals surface area (Å²) >= 11 is 0. The van der Waals surface area contributed by atoms with Crippen molar-refractivity contribution in [2.45, 2.75) is 18.9 Å². The Bertz CT molecular complexity index is 591. The standard InChI is InChI=1S/C18H24N4O2/c23-17-16-7-4-8-21(16)18(24)22(17)14-11-19-9-12-20(13-10-19)15-5-2-1-3-6-15/h1-3,5-6,16H,4,7-14H2/p+1/t16-/m1/s1. The maximum atomic E-state index is 12.4. The van der Waals surface area contributed by atoms with Gasteiger partial charge in [0.15, 0.2) is 0 Å². The van der Waals surface area contributed by atoms with E-state index in [1.54, 1.807) is 4.90 Å². The number of benzene rings is 1. The largest absolute Gasteiger partial charge is 0.360 e. The summed E-state index contributed by atoms with van der Waals surface area (Å²) in [7, 11) is 0. The van der Waals surface area contributed by atoms with Crippen molar-refractivity contribution in [2.75, 3.05) is 50.7 Å². The number of rotatable bonds is 4. The molecular formula is C18H25N4O2+. The molecule has 0 saturated carbocycles. The van der Waals surface area contributed by atoms with E-state index in [4.69, 9.17) is 0 Å². The summed E-state index contributed by atoms with van der Waals surface area (Å²) in [5, 5.41) is 0. The number of piperazine rings is 1. The highest BCUT2D eigenvalue weighted by atomic mass is 16.2. The quantitative estimate of drug-likeness (QED) is 0.780. The van der Waals surface area contributed by atoms with Gasteiger partial charge in [0.1, 0.15) is 6.04 Å². The van der Waals surface area contributed by atoms with E-state index >= 15 is 0 Å². The SMILES string of the molecule is O=C1[C@H]2CCCN2C(=O)N1CC[NH+]1CCN(c2ccccc2)CC1. The zero-order chi connectivity index (χ0) is 16.5. The number of urea groups is 1. The van der Waals surface area contributed by atoms with Crippen LogP contribution < -0.4 is 9.80 Å². The molecular weight excluding hydrogens is 304 g/mol. The lowest BCUT2D eigenvalue weighted by molar-refractivity contribution is -0.899. The number of quaternary nitrogens is 1. The number of nitrogens with zero attached hydrogens (tertiary/aromatic N) is 3. The molecule has 1 atom stereocenters. The maximum Gasteiger partial charge on any atom is 0.327 e. The molecule has 3 saturated heterocycles. The minimum Gasteiger partial charge on any atom is -0.360 e. The number of hydrogen-bond acceptors (Lipinski definition) is 3. The third-order valence-electron chi connectivity index (χ3n) is 5.56. The third-order valence-corrected chi connectivity index (χ3v) is 5.56. The molecule has 6 nitrogen and oxygen atoms in total. The van der Waals surface area contributed by atoms with E-state index in [2.05, 4.69) is 29.2 Å². The predicted molar refractivity (Wildman–Crippen MR) is 91.1 cm³/mol. The van der Waals surface area contributed by atoms with Crippen LogP contribution in [0.4, 0.5) is 10.5 Å². The highest BCUT2D eigenvalue weighted by molar-refractivity contribution is 6.04. The van der Waals surface area contributed by atoms with Gasteiger partial charge in [-0.15, -0.1) is 0 Å². The van der Waals surface area contributed by atoms with Crippen molar-refractivity contribution >= 4 is 17.6 Å². The van der Waals surface area contributed by atoms with Crippen LogP contribution in [0.3, 0.4) is 0 Å². The Hall–Kier alpha value is -2.08. The van der Waals surface area contributed by atoms with Crippen LogP contribution in [0.2, 0.25) is 0 Å². The first-order chi connectivity index (χ1) is 11.7. The van der Waals surface area contributed by atoms with Crippen LogP contribution >= 0.6 is 0 Å². The van der Waals surface area contributed by atoms with Crippen LogP contribution in [-0.4, -0.2) is 73.6 Å². The monoisotopic (exact) mass is 329 g/mol. The molecule has 3 amide bonds. The van der Waals surface area contributed by atoms with Crippen LogP contribution in [0.25, 0.3) is 0 Å². The second-order valence-electron chi connectivity index (χ2n) is 6.95. The fraction of sp³-hybridized carbons (Fsp3) is 0.556. The maximum absolute atomic E-state index is 12.4. The lowest BCUT2D eigenvalue weighted by Gasteiger charge is -2.34. The van der Waals surface area contributed by atoms with E-state index in [1.807, 2.05) is 6.07 Å². The predicted octanol–water partition coefficient (Wildman–Crippen LogP) is -0.182. The average molecular weight is 329 g/mol. The van der Waals surface area contributed by atoms with Gasteiger partial charge in [-0.05, 0) is 25.0 Å². The van der Waals surface area contributed by atoms with Gasteiger partial charge in [0.05, 0.1) is 39.3 Å². The number of para-hydroxylation sites is 1.